The van der Waals surface area contributed by atoms with E-state index < -0.39 is 0 Å². The summed E-state index contributed by atoms with van der Waals surface area (Å²) < 4.78 is 4.88. The summed E-state index contributed by atoms with van der Waals surface area (Å²) in [5, 5.41) is 3.59. The number of hydrogen-bond acceptors (Lipinski definition) is 4. The number of carbonyl (C=O) groups is 2. The van der Waals surface area contributed by atoms with Gasteiger partial charge in [-0.2, -0.15) is 0 Å². The molecule has 1 aliphatic heterocycles. The summed E-state index contributed by atoms with van der Waals surface area (Å²) in [6, 6.07) is 0. The molecule has 1 fully saturated rings. The number of carbonyl (C=O) groups excluding carboxylic acids is 2. The topological polar surface area (TPSA) is 66.7 Å². The SMILES string of the molecule is C=CC(=O)N1CCN(C(=O)c2cnoc2C)CC1. The molecule has 6 heteroatoms. The molecule has 2 rings (SSSR count). The Balaban J connectivity index is 1.98. The highest BCUT2D eigenvalue weighted by Gasteiger charge is 2.25. The highest BCUT2D eigenvalue weighted by molar-refractivity contribution is 5.95. The van der Waals surface area contributed by atoms with Crippen molar-refractivity contribution in [2.45, 2.75) is 6.92 Å². The van der Waals surface area contributed by atoms with Gasteiger partial charge in [-0.25, -0.2) is 0 Å². The van der Waals surface area contributed by atoms with Crippen molar-refractivity contribution in [3.05, 3.63) is 30.2 Å². The molecule has 96 valence electrons. The summed E-state index contributed by atoms with van der Waals surface area (Å²) in [4.78, 5) is 26.9. The van der Waals surface area contributed by atoms with Gasteiger partial charge < -0.3 is 14.3 Å². The molecule has 0 radical (unpaired) electrons. The lowest BCUT2D eigenvalue weighted by Crippen LogP contribution is -2.50. The molecule has 1 saturated heterocycles. The zero-order valence-corrected chi connectivity index (χ0v) is 10.3. The van der Waals surface area contributed by atoms with Crippen molar-refractivity contribution in [3.63, 3.8) is 0 Å². The van der Waals surface area contributed by atoms with Crippen LogP contribution in [-0.2, 0) is 4.79 Å². The van der Waals surface area contributed by atoms with Crippen LogP contribution in [0.2, 0.25) is 0 Å². The first-order chi connectivity index (χ1) is 8.63. The normalized spacial score (nSPS) is 15.6. The van der Waals surface area contributed by atoms with Crippen LogP contribution in [0.1, 0.15) is 16.1 Å². The Morgan fingerprint density at radius 1 is 1.33 bits per heavy atom. The Hall–Kier alpha value is -2.11. The van der Waals surface area contributed by atoms with E-state index in [4.69, 9.17) is 4.52 Å². The molecule has 0 aromatic carbocycles. The van der Waals surface area contributed by atoms with E-state index in [1.165, 1.54) is 12.3 Å². The van der Waals surface area contributed by atoms with Gasteiger partial charge in [-0.1, -0.05) is 11.7 Å². The van der Waals surface area contributed by atoms with Gasteiger partial charge in [0.1, 0.15) is 11.3 Å². The minimum absolute atomic E-state index is 0.0942. The van der Waals surface area contributed by atoms with Gasteiger partial charge in [0.05, 0.1) is 6.20 Å². The molecule has 18 heavy (non-hydrogen) atoms. The van der Waals surface area contributed by atoms with E-state index in [2.05, 4.69) is 11.7 Å². The highest BCUT2D eigenvalue weighted by Crippen LogP contribution is 2.12. The van der Waals surface area contributed by atoms with Gasteiger partial charge in [-0.15, -0.1) is 0 Å². The van der Waals surface area contributed by atoms with E-state index in [0.29, 0.717) is 37.5 Å². The van der Waals surface area contributed by atoms with E-state index in [-0.39, 0.29) is 11.8 Å². The third-order valence-electron chi connectivity index (χ3n) is 3.03. The minimum atomic E-state index is -0.0977. The largest absolute Gasteiger partial charge is 0.361 e. The zero-order chi connectivity index (χ0) is 13.1. The second-order valence-electron chi connectivity index (χ2n) is 4.12. The standard InChI is InChI=1S/C12H15N3O3/c1-3-11(16)14-4-6-15(7-5-14)12(17)10-8-13-18-9(10)2/h3,8H,1,4-7H2,2H3. The van der Waals surface area contributed by atoms with Crippen molar-refractivity contribution in [2.75, 3.05) is 26.2 Å². The third-order valence-corrected chi connectivity index (χ3v) is 3.03. The third kappa shape index (κ3) is 2.27. The maximum absolute atomic E-state index is 12.1. The summed E-state index contributed by atoms with van der Waals surface area (Å²) in [6.45, 7) is 7.25. The summed E-state index contributed by atoms with van der Waals surface area (Å²) in [6.07, 6.45) is 2.72. The lowest BCUT2D eigenvalue weighted by Gasteiger charge is -2.34. The van der Waals surface area contributed by atoms with Crippen LogP contribution in [0.3, 0.4) is 0 Å². The number of nitrogens with zero attached hydrogens (tertiary/aromatic N) is 3. The first-order valence-electron chi connectivity index (χ1n) is 5.75. The minimum Gasteiger partial charge on any atom is -0.361 e. The quantitative estimate of drug-likeness (QED) is 0.714. The number of aryl methyl sites for hydroxylation is 1. The van der Waals surface area contributed by atoms with Crippen LogP contribution in [0, 0.1) is 6.92 Å². The van der Waals surface area contributed by atoms with E-state index in [1.807, 2.05) is 0 Å². The molecular formula is C12H15N3O3. The number of hydrogen-bond donors (Lipinski definition) is 0. The van der Waals surface area contributed by atoms with Gasteiger partial charge in [-0.05, 0) is 13.0 Å². The molecule has 2 heterocycles. The van der Waals surface area contributed by atoms with Crippen LogP contribution in [0.15, 0.2) is 23.4 Å². The monoisotopic (exact) mass is 249 g/mol. The number of piperazine rings is 1. The van der Waals surface area contributed by atoms with E-state index >= 15 is 0 Å². The summed E-state index contributed by atoms with van der Waals surface area (Å²) in [7, 11) is 0. The first kappa shape index (κ1) is 12.3. The van der Waals surface area contributed by atoms with Crippen molar-refractivity contribution < 1.29 is 14.1 Å². The highest BCUT2D eigenvalue weighted by atomic mass is 16.5. The predicted molar refractivity (Wildman–Crippen MR) is 63.9 cm³/mol. The van der Waals surface area contributed by atoms with Crippen LogP contribution in [-0.4, -0.2) is 52.9 Å². The van der Waals surface area contributed by atoms with Crippen molar-refractivity contribution >= 4 is 11.8 Å². The maximum atomic E-state index is 12.1. The van der Waals surface area contributed by atoms with Gasteiger partial charge in [0.2, 0.25) is 5.91 Å². The molecule has 0 spiro atoms. The fourth-order valence-electron chi connectivity index (χ4n) is 1.93. The Labute approximate surface area is 105 Å². The summed E-state index contributed by atoms with van der Waals surface area (Å²) >= 11 is 0. The Kier molecular flexibility index (Phi) is 3.45. The molecule has 0 saturated carbocycles. The lowest BCUT2D eigenvalue weighted by molar-refractivity contribution is -0.127. The van der Waals surface area contributed by atoms with Crippen LogP contribution >= 0.6 is 0 Å². The number of amides is 2. The van der Waals surface area contributed by atoms with Crippen LogP contribution < -0.4 is 0 Å². The molecule has 6 nitrogen and oxygen atoms in total. The second-order valence-corrected chi connectivity index (χ2v) is 4.12. The smallest absolute Gasteiger partial charge is 0.259 e. The fourth-order valence-corrected chi connectivity index (χ4v) is 1.93. The molecule has 0 bridgehead atoms. The molecule has 1 aromatic heterocycles. The Morgan fingerprint density at radius 2 is 1.94 bits per heavy atom. The van der Waals surface area contributed by atoms with Crippen molar-refractivity contribution in [1.82, 2.24) is 15.0 Å². The van der Waals surface area contributed by atoms with E-state index in [0.717, 1.165) is 0 Å². The first-order valence-corrected chi connectivity index (χ1v) is 5.75. The Bertz CT molecular complexity index is 473. The molecule has 1 aromatic rings. The van der Waals surface area contributed by atoms with E-state index in [9.17, 15) is 9.59 Å². The fraction of sp³-hybridized carbons (Fsp3) is 0.417. The summed E-state index contributed by atoms with van der Waals surface area (Å²) in [5.41, 5.74) is 0.485. The summed E-state index contributed by atoms with van der Waals surface area (Å²) in [5.74, 6) is 0.326. The van der Waals surface area contributed by atoms with Gasteiger partial charge >= 0.3 is 0 Å². The molecule has 1 aliphatic rings. The molecular weight excluding hydrogens is 234 g/mol. The van der Waals surface area contributed by atoms with Crippen molar-refractivity contribution in [2.24, 2.45) is 0 Å². The molecule has 0 atom stereocenters. The molecule has 2 amide bonds. The van der Waals surface area contributed by atoms with Crippen LogP contribution in [0.25, 0.3) is 0 Å². The lowest BCUT2D eigenvalue weighted by atomic mass is 10.2. The van der Waals surface area contributed by atoms with Crippen molar-refractivity contribution in [3.8, 4) is 0 Å². The zero-order valence-electron chi connectivity index (χ0n) is 10.3. The predicted octanol–water partition coefficient (Wildman–Crippen LogP) is 0.453. The van der Waals surface area contributed by atoms with Gasteiger partial charge in [-0.3, -0.25) is 9.59 Å². The van der Waals surface area contributed by atoms with Gasteiger partial charge in [0.15, 0.2) is 0 Å². The number of aromatic nitrogens is 1. The molecule has 0 unspecified atom stereocenters. The molecule has 0 N–H and O–H groups in total. The average Bonchev–Trinajstić information content (AvgIpc) is 2.83. The van der Waals surface area contributed by atoms with Gasteiger partial charge in [0, 0.05) is 26.2 Å². The average molecular weight is 249 g/mol. The van der Waals surface area contributed by atoms with Crippen molar-refractivity contribution in [1.29, 1.82) is 0 Å². The van der Waals surface area contributed by atoms with Crippen LogP contribution in [0.5, 0.6) is 0 Å². The second kappa shape index (κ2) is 5.03. The Morgan fingerprint density at radius 3 is 2.44 bits per heavy atom. The number of rotatable bonds is 2. The molecule has 0 aliphatic carbocycles. The maximum Gasteiger partial charge on any atom is 0.259 e. The van der Waals surface area contributed by atoms with Crippen LogP contribution in [0.4, 0.5) is 0 Å². The van der Waals surface area contributed by atoms with Gasteiger partial charge in [0.25, 0.3) is 5.91 Å². The van der Waals surface area contributed by atoms with E-state index in [1.54, 1.807) is 16.7 Å².